The van der Waals surface area contributed by atoms with E-state index in [0.717, 1.165) is 0 Å². The molecule has 0 spiro atoms. The maximum Gasteiger partial charge on any atom is 0.0569 e. The summed E-state index contributed by atoms with van der Waals surface area (Å²) >= 11 is 5.67. The van der Waals surface area contributed by atoms with Crippen molar-refractivity contribution < 1.29 is 0 Å². The molecule has 0 saturated heterocycles. The lowest BCUT2D eigenvalue weighted by molar-refractivity contribution is 0.607. The van der Waals surface area contributed by atoms with Crippen molar-refractivity contribution in [3.8, 4) is 0 Å². The van der Waals surface area contributed by atoms with Crippen LogP contribution in [0.1, 0.15) is 21.9 Å². The van der Waals surface area contributed by atoms with Crippen molar-refractivity contribution in [2.24, 2.45) is 0 Å². The van der Waals surface area contributed by atoms with Gasteiger partial charge in [0.05, 0.1) is 5.25 Å². The highest BCUT2D eigenvalue weighted by Gasteiger charge is 2.39. The molecule has 0 unspecified atom stereocenters. The van der Waals surface area contributed by atoms with E-state index in [9.17, 15) is 0 Å². The normalized spacial score (nSPS) is 28.7. The first kappa shape index (κ1) is 10.6. The van der Waals surface area contributed by atoms with Gasteiger partial charge in [0, 0.05) is 15.2 Å². The van der Waals surface area contributed by atoms with Gasteiger partial charge in [-0.15, -0.1) is 34.4 Å². The monoisotopic (exact) mass is 264 g/mol. The molecule has 1 aliphatic heterocycles. The van der Waals surface area contributed by atoms with Crippen LogP contribution in [0.25, 0.3) is 0 Å². The summed E-state index contributed by atoms with van der Waals surface area (Å²) in [6.07, 6.45) is 2.36. The summed E-state index contributed by atoms with van der Waals surface area (Å²) in [5.41, 5.74) is 0.170. The van der Waals surface area contributed by atoms with Crippen LogP contribution in [-0.4, -0.2) is 0 Å². The lowest BCUT2D eigenvalue weighted by Gasteiger charge is -2.28. The fourth-order valence-corrected chi connectivity index (χ4v) is 5.46. The smallest absolute Gasteiger partial charge is 0.0569 e. The van der Waals surface area contributed by atoms with Crippen molar-refractivity contribution in [3.63, 3.8) is 0 Å². The largest absolute Gasteiger partial charge is 0.148 e. The van der Waals surface area contributed by atoms with E-state index < -0.39 is 0 Å². The maximum absolute atomic E-state index is 2.36. The third-order valence-corrected chi connectivity index (χ3v) is 6.55. The first-order valence-electron chi connectivity index (χ1n) is 5.21. The van der Waals surface area contributed by atoms with Gasteiger partial charge in [-0.1, -0.05) is 18.2 Å². The molecule has 0 N–H and O–H groups in total. The molecular weight excluding hydrogens is 252 g/mol. The number of thioether (sulfide) groups is 1. The molecule has 0 saturated carbocycles. The lowest BCUT2D eigenvalue weighted by atomic mass is 9.84. The summed E-state index contributed by atoms with van der Waals surface area (Å²) in [6, 6.07) is 8.80. The molecule has 0 amide bonds. The standard InChI is InChI=1S/C13H12S3/c1-13(11-5-3-8-15-11)6-9-16-12(13)10-4-2-7-14-10/h2-9,12H,1H3/t12-,13+/m1/s1. The van der Waals surface area contributed by atoms with Crippen LogP contribution < -0.4 is 0 Å². The summed E-state index contributed by atoms with van der Waals surface area (Å²) in [7, 11) is 0. The van der Waals surface area contributed by atoms with Crippen molar-refractivity contribution in [3.05, 3.63) is 56.3 Å². The van der Waals surface area contributed by atoms with Gasteiger partial charge in [-0.25, -0.2) is 0 Å². The Morgan fingerprint density at radius 1 is 1.12 bits per heavy atom. The molecule has 3 heterocycles. The Morgan fingerprint density at radius 3 is 2.62 bits per heavy atom. The predicted octanol–water partition coefficient (Wildman–Crippen LogP) is 5.07. The highest BCUT2D eigenvalue weighted by molar-refractivity contribution is 8.02. The number of thiophene rings is 2. The van der Waals surface area contributed by atoms with Gasteiger partial charge < -0.3 is 0 Å². The van der Waals surface area contributed by atoms with Crippen molar-refractivity contribution in [1.82, 2.24) is 0 Å². The van der Waals surface area contributed by atoms with Crippen LogP contribution in [0.5, 0.6) is 0 Å². The minimum absolute atomic E-state index is 0.170. The van der Waals surface area contributed by atoms with E-state index in [0.29, 0.717) is 5.25 Å². The lowest BCUT2D eigenvalue weighted by Crippen LogP contribution is -2.21. The van der Waals surface area contributed by atoms with Gasteiger partial charge in [0.1, 0.15) is 0 Å². The van der Waals surface area contributed by atoms with E-state index in [4.69, 9.17) is 0 Å². The van der Waals surface area contributed by atoms with Gasteiger partial charge in [-0.2, -0.15) is 0 Å². The summed E-state index contributed by atoms with van der Waals surface area (Å²) in [4.78, 5) is 2.94. The van der Waals surface area contributed by atoms with Crippen LogP contribution in [0.2, 0.25) is 0 Å². The van der Waals surface area contributed by atoms with Crippen LogP contribution in [0.3, 0.4) is 0 Å². The molecule has 1 aliphatic rings. The quantitative estimate of drug-likeness (QED) is 0.730. The number of hydrogen-bond acceptors (Lipinski definition) is 3. The number of rotatable bonds is 2. The first-order chi connectivity index (χ1) is 7.81. The Bertz CT molecular complexity index is 481. The van der Waals surface area contributed by atoms with Crippen LogP contribution >= 0.6 is 34.4 Å². The fourth-order valence-electron chi connectivity index (χ4n) is 2.09. The van der Waals surface area contributed by atoms with Gasteiger partial charge in [-0.3, -0.25) is 0 Å². The van der Waals surface area contributed by atoms with Gasteiger partial charge in [0.2, 0.25) is 0 Å². The zero-order valence-electron chi connectivity index (χ0n) is 8.92. The van der Waals surface area contributed by atoms with Crippen molar-refractivity contribution in [2.45, 2.75) is 17.6 Å². The zero-order chi connectivity index (χ0) is 11.0. The molecule has 2 atom stereocenters. The van der Waals surface area contributed by atoms with Gasteiger partial charge in [-0.05, 0) is 35.2 Å². The molecule has 0 fully saturated rings. The summed E-state index contributed by atoms with van der Waals surface area (Å²) in [5.74, 6) is 0. The highest BCUT2D eigenvalue weighted by Crippen LogP contribution is 2.54. The molecule has 0 aliphatic carbocycles. The average molecular weight is 264 g/mol. The molecular formula is C13H12S3. The topological polar surface area (TPSA) is 0 Å². The number of hydrogen-bond donors (Lipinski definition) is 0. The van der Waals surface area contributed by atoms with E-state index in [-0.39, 0.29) is 5.41 Å². The molecule has 16 heavy (non-hydrogen) atoms. The second-order valence-corrected chi connectivity index (χ2v) is 7.04. The predicted molar refractivity (Wildman–Crippen MR) is 75.5 cm³/mol. The Kier molecular flexibility index (Phi) is 2.70. The van der Waals surface area contributed by atoms with E-state index in [2.05, 4.69) is 53.4 Å². The Balaban J connectivity index is 2.03. The third-order valence-electron chi connectivity index (χ3n) is 3.03. The van der Waals surface area contributed by atoms with Gasteiger partial charge in [0.25, 0.3) is 0 Å². The van der Waals surface area contributed by atoms with Gasteiger partial charge in [0.15, 0.2) is 0 Å². The SMILES string of the molecule is C[C@@]1(c2cccs2)C=CS[C@@H]1c1cccs1. The average Bonchev–Trinajstić information content (AvgIpc) is 2.99. The van der Waals surface area contributed by atoms with E-state index >= 15 is 0 Å². The molecule has 0 bridgehead atoms. The van der Waals surface area contributed by atoms with Crippen LogP contribution in [0.4, 0.5) is 0 Å². The first-order valence-corrected chi connectivity index (χ1v) is 7.91. The van der Waals surface area contributed by atoms with Crippen LogP contribution in [0.15, 0.2) is 46.5 Å². The molecule has 3 heteroatoms. The van der Waals surface area contributed by atoms with Crippen molar-refractivity contribution >= 4 is 34.4 Å². The van der Waals surface area contributed by atoms with E-state index in [1.165, 1.54) is 9.75 Å². The van der Waals surface area contributed by atoms with E-state index in [1.807, 2.05) is 34.4 Å². The summed E-state index contributed by atoms with van der Waals surface area (Å²) < 4.78 is 0. The molecule has 0 radical (unpaired) electrons. The second kappa shape index (κ2) is 4.06. The Labute approximate surface area is 108 Å². The highest BCUT2D eigenvalue weighted by atomic mass is 32.2. The maximum atomic E-state index is 2.36. The van der Waals surface area contributed by atoms with E-state index in [1.54, 1.807) is 0 Å². The number of allylic oxidation sites excluding steroid dienone is 1. The van der Waals surface area contributed by atoms with Crippen molar-refractivity contribution in [1.29, 1.82) is 0 Å². The molecule has 3 rings (SSSR count). The summed E-state index contributed by atoms with van der Waals surface area (Å²) in [6.45, 7) is 2.35. The van der Waals surface area contributed by atoms with Gasteiger partial charge >= 0.3 is 0 Å². The molecule has 82 valence electrons. The minimum atomic E-state index is 0.170. The second-order valence-electron chi connectivity index (χ2n) is 4.09. The van der Waals surface area contributed by atoms with Crippen molar-refractivity contribution in [2.75, 3.05) is 0 Å². The van der Waals surface area contributed by atoms with Crippen LogP contribution in [-0.2, 0) is 5.41 Å². The Hall–Kier alpha value is -0.510. The minimum Gasteiger partial charge on any atom is -0.148 e. The fraction of sp³-hybridized carbons (Fsp3) is 0.231. The molecule has 2 aromatic heterocycles. The van der Waals surface area contributed by atoms with Crippen LogP contribution in [0, 0.1) is 0 Å². The molecule has 0 aromatic carbocycles. The Morgan fingerprint density at radius 2 is 1.94 bits per heavy atom. The molecule has 0 nitrogen and oxygen atoms in total. The molecule has 2 aromatic rings. The third kappa shape index (κ3) is 1.58. The zero-order valence-corrected chi connectivity index (χ0v) is 11.4. The summed E-state index contributed by atoms with van der Waals surface area (Å²) in [5, 5.41) is 7.14.